The fraction of sp³-hybridized carbons (Fsp3) is 0.781. The Morgan fingerprint density at radius 3 is 2.12 bits per heavy atom. The van der Waals surface area contributed by atoms with E-state index < -0.39 is 7.82 Å². The molecule has 2 unspecified atom stereocenters. The van der Waals surface area contributed by atoms with Crippen molar-refractivity contribution < 1.29 is 32.5 Å². The molecule has 0 amide bonds. The van der Waals surface area contributed by atoms with Gasteiger partial charge < -0.3 is 23.2 Å². The fourth-order valence-electron chi connectivity index (χ4n) is 4.50. The lowest BCUT2D eigenvalue weighted by atomic mass is 9.94. The summed E-state index contributed by atoms with van der Waals surface area (Å²) in [4.78, 5) is 24.5. The van der Waals surface area contributed by atoms with E-state index in [1.165, 1.54) is 64.2 Å². The molecular formula is C32H58NO6P. The van der Waals surface area contributed by atoms with Crippen LogP contribution >= 0.6 is 7.82 Å². The van der Waals surface area contributed by atoms with Crippen LogP contribution in [0, 0.1) is 5.92 Å². The van der Waals surface area contributed by atoms with Crippen LogP contribution in [0.4, 0.5) is 0 Å². The lowest BCUT2D eigenvalue weighted by Gasteiger charge is -2.30. The standard InChI is InChI=1S/C32H58NO6P/c1-6-9-10-11-12-13-14-15-16-17-18-23-37-32-21-19-20-29(27-32)25-30(26-31(34)7-2)28-39-40(35,36)38-24-22-33(4,5)8-3/h19-21,27,30H,6-18,22-26,28H2,1-5H3. The van der Waals surface area contributed by atoms with Gasteiger partial charge in [-0.3, -0.25) is 9.36 Å². The first-order chi connectivity index (χ1) is 19.1. The van der Waals surface area contributed by atoms with Crippen LogP contribution in [0.2, 0.25) is 0 Å². The number of ether oxygens (including phenoxy) is 1. The third-order valence-electron chi connectivity index (χ3n) is 7.62. The molecule has 8 heteroatoms. The molecule has 0 heterocycles. The Morgan fingerprint density at radius 2 is 1.52 bits per heavy atom. The van der Waals surface area contributed by atoms with Crippen molar-refractivity contribution in [3.8, 4) is 5.75 Å². The van der Waals surface area contributed by atoms with Gasteiger partial charge in [-0.15, -0.1) is 0 Å². The summed E-state index contributed by atoms with van der Waals surface area (Å²) >= 11 is 0. The van der Waals surface area contributed by atoms with Crippen molar-refractivity contribution in [2.75, 3.05) is 47.0 Å². The van der Waals surface area contributed by atoms with E-state index in [1.807, 2.05) is 52.2 Å². The number of phosphoric acid groups is 1. The monoisotopic (exact) mass is 583 g/mol. The van der Waals surface area contributed by atoms with Gasteiger partial charge in [-0.2, -0.15) is 0 Å². The van der Waals surface area contributed by atoms with Gasteiger partial charge in [0, 0.05) is 12.8 Å². The number of rotatable bonds is 26. The topological polar surface area (TPSA) is 84.9 Å². The zero-order valence-electron chi connectivity index (χ0n) is 26.2. The molecule has 0 saturated carbocycles. The molecule has 232 valence electrons. The summed E-state index contributed by atoms with van der Waals surface area (Å²) < 4.78 is 29.3. The zero-order chi connectivity index (χ0) is 29.7. The first-order valence-corrected chi connectivity index (χ1v) is 17.2. The lowest BCUT2D eigenvalue weighted by Crippen LogP contribution is -2.41. The number of hydrogen-bond donors (Lipinski definition) is 0. The third kappa shape index (κ3) is 19.0. The Bertz CT molecular complexity index is 846. The molecule has 0 spiro atoms. The SMILES string of the molecule is CCCCCCCCCCCCCOc1cccc(CC(COP(=O)([O-])OCC[N+](C)(C)CC)CC(=O)CC)c1. The van der Waals surface area contributed by atoms with Crippen molar-refractivity contribution in [3.05, 3.63) is 29.8 Å². The highest BCUT2D eigenvalue weighted by atomic mass is 31.2. The Morgan fingerprint density at radius 1 is 0.900 bits per heavy atom. The van der Waals surface area contributed by atoms with Gasteiger partial charge in [0.2, 0.25) is 0 Å². The predicted molar refractivity (Wildman–Crippen MR) is 163 cm³/mol. The van der Waals surface area contributed by atoms with E-state index in [1.54, 1.807) is 0 Å². The minimum Gasteiger partial charge on any atom is -0.756 e. The number of phosphoric ester groups is 1. The molecular weight excluding hydrogens is 525 g/mol. The summed E-state index contributed by atoms with van der Waals surface area (Å²) in [5.41, 5.74) is 0.998. The number of carbonyl (C=O) groups excluding carboxylic acids is 1. The maximum absolute atomic E-state index is 12.3. The second kappa shape index (κ2) is 21.5. The van der Waals surface area contributed by atoms with Crippen LogP contribution in [-0.4, -0.2) is 57.3 Å². The Hall–Kier alpha value is -1.24. The van der Waals surface area contributed by atoms with E-state index >= 15 is 0 Å². The molecule has 40 heavy (non-hydrogen) atoms. The van der Waals surface area contributed by atoms with Gasteiger partial charge >= 0.3 is 0 Å². The number of likely N-dealkylation sites (N-methyl/N-ethyl adjacent to an activating group) is 1. The second-order valence-corrected chi connectivity index (χ2v) is 13.2. The molecule has 0 saturated heterocycles. The van der Waals surface area contributed by atoms with E-state index in [4.69, 9.17) is 13.8 Å². The van der Waals surface area contributed by atoms with Crippen molar-refractivity contribution in [1.29, 1.82) is 0 Å². The van der Waals surface area contributed by atoms with Crippen molar-refractivity contribution in [1.82, 2.24) is 0 Å². The van der Waals surface area contributed by atoms with E-state index in [0.29, 0.717) is 30.5 Å². The number of carbonyl (C=O) groups is 1. The number of unbranched alkanes of at least 4 members (excludes halogenated alkanes) is 10. The van der Waals surface area contributed by atoms with Crippen molar-refractivity contribution >= 4 is 13.6 Å². The van der Waals surface area contributed by atoms with E-state index in [9.17, 15) is 14.3 Å². The van der Waals surface area contributed by atoms with Crippen LogP contribution in [0.15, 0.2) is 24.3 Å². The van der Waals surface area contributed by atoms with Crippen molar-refractivity contribution in [2.24, 2.45) is 5.92 Å². The molecule has 0 aliphatic rings. The van der Waals surface area contributed by atoms with Gasteiger partial charge in [0.25, 0.3) is 7.82 Å². The molecule has 7 nitrogen and oxygen atoms in total. The molecule has 0 N–H and O–H groups in total. The van der Waals surface area contributed by atoms with Crippen LogP contribution < -0.4 is 9.63 Å². The highest BCUT2D eigenvalue weighted by molar-refractivity contribution is 7.45. The Kier molecular flexibility index (Phi) is 19.7. The largest absolute Gasteiger partial charge is 0.756 e. The number of benzene rings is 1. The number of quaternary nitrogens is 1. The lowest BCUT2D eigenvalue weighted by molar-refractivity contribution is -0.888. The number of ketones is 1. The quantitative estimate of drug-likeness (QED) is 0.0638. The molecule has 1 rings (SSSR count). The summed E-state index contributed by atoms with van der Waals surface area (Å²) in [5, 5.41) is 0. The zero-order valence-corrected chi connectivity index (χ0v) is 27.1. The van der Waals surface area contributed by atoms with E-state index in [2.05, 4.69) is 6.92 Å². The highest BCUT2D eigenvalue weighted by Crippen LogP contribution is 2.39. The van der Waals surface area contributed by atoms with Crippen LogP contribution in [0.25, 0.3) is 0 Å². The third-order valence-corrected chi connectivity index (χ3v) is 8.58. The molecule has 0 bridgehead atoms. The average molecular weight is 584 g/mol. The molecule has 0 aliphatic carbocycles. The summed E-state index contributed by atoms with van der Waals surface area (Å²) in [7, 11) is -0.410. The Balaban J connectivity index is 2.44. The van der Waals surface area contributed by atoms with Crippen LogP contribution in [0.3, 0.4) is 0 Å². The smallest absolute Gasteiger partial charge is 0.268 e. The number of Topliss-reactive ketones (excluding diaryl/α,β-unsaturated/α-hetero) is 1. The summed E-state index contributed by atoms with van der Waals surface area (Å²) in [6, 6.07) is 7.86. The van der Waals surface area contributed by atoms with Gasteiger partial charge in [-0.05, 0) is 43.4 Å². The molecule has 0 aromatic heterocycles. The Labute approximate surface area is 245 Å². The van der Waals surface area contributed by atoms with Gasteiger partial charge in [-0.25, -0.2) is 0 Å². The predicted octanol–water partition coefficient (Wildman–Crippen LogP) is 7.50. The van der Waals surface area contributed by atoms with E-state index in [-0.39, 0.29) is 31.3 Å². The van der Waals surface area contributed by atoms with Gasteiger partial charge in [0.15, 0.2) is 0 Å². The van der Waals surface area contributed by atoms with Crippen molar-refractivity contribution in [3.63, 3.8) is 0 Å². The molecule has 1 aromatic carbocycles. The summed E-state index contributed by atoms with van der Waals surface area (Å²) in [6.45, 7) is 8.23. The normalized spacial score (nSPS) is 14.2. The maximum Gasteiger partial charge on any atom is 0.268 e. The number of hydrogen-bond acceptors (Lipinski definition) is 6. The van der Waals surface area contributed by atoms with Crippen LogP contribution in [0.5, 0.6) is 5.75 Å². The molecule has 2 atom stereocenters. The van der Waals surface area contributed by atoms with Gasteiger partial charge in [0.05, 0.1) is 33.9 Å². The molecule has 0 aliphatic heterocycles. The molecule has 1 aromatic rings. The van der Waals surface area contributed by atoms with Gasteiger partial charge in [0.1, 0.15) is 24.7 Å². The highest BCUT2D eigenvalue weighted by Gasteiger charge is 2.20. The van der Waals surface area contributed by atoms with Gasteiger partial charge in [-0.1, -0.05) is 90.2 Å². The first-order valence-electron chi connectivity index (χ1n) is 15.8. The summed E-state index contributed by atoms with van der Waals surface area (Å²) in [6.07, 6.45) is 15.5. The number of nitrogens with zero attached hydrogens (tertiary/aromatic N) is 1. The van der Waals surface area contributed by atoms with E-state index in [0.717, 1.165) is 24.3 Å². The minimum atomic E-state index is -4.44. The second-order valence-electron chi connectivity index (χ2n) is 11.7. The summed E-state index contributed by atoms with van der Waals surface area (Å²) in [5.74, 6) is 0.629. The molecule has 0 fully saturated rings. The van der Waals surface area contributed by atoms with Crippen molar-refractivity contribution in [2.45, 2.75) is 111 Å². The fourth-order valence-corrected chi connectivity index (χ4v) is 5.27. The average Bonchev–Trinajstić information content (AvgIpc) is 2.92. The minimum absolute atomic E-state index is 0.0681. The molecule has 0 radical (unpaired) electrons. The maximum atomic E-state index is 12.3. The first kappa shape index (κ1) is 36.8. The van der Waals surface area contributed by atoms with Crippen LogP contribution in [-0.2, 0) is 24.8 Å². The van der Waals surface area contributed by atoms with Crippen LogP contribution in [0.1, 0.15) is 110 Å².